The number of carbonyl (C=O) groups excluding carboxylic acids is 2. The van der Waals surface area contributed by atoms with Crippen LogP contribution in [0.15, 0.2) is 24.3 Å². The molecule has 4 aliphatic rings. The summed E-state index contributed by atoms with van der Waals surface area (Å²) in [5, 5.41) is 3.36. The van der Waals surface area contributed by atoms with Crippen molar-refractivity contribution in [1.82, 2.24) is 42.6 Å². The van der Waals surface area contributed by atoms with Crippen molar-refractivity contribution >= 4 is 17.5 Å². The van der Waals surface area contributed by atoms with E-state index < -0.39 is 0 Å². The van der Waals surface area contributed by atoms with Crippen molar-refractivity contribution < 1.29 is 9.59 Å². The van der Waals surface area contributed by atoms with Crippen LogP contribution in [0.5, 0.6) is 0 Å². The lowest BCUT2D eigenvalue weighted by Gasteiger charge is -2.37. The number of piperidine rings is 1. The van der Waals surface area contributed by atoms with Crippen LogP contribution in [-0.4, -0.2) is 72.6 Å². The molecule has 2 amide bonds. The maximum atomic E-state index is 13.2. The van der Waals surface area contributed by atoms with Gasteiger partial charge in [-0.1, -0.05) is 18.2 Å². The van der Waals surface area contributed by atoms with Crippen LogP contribution >= 0.6 is 0 Å². The topological polar surface area (TPSA) is 125 Å². The number of benzene rings is 1. The van der Waals surface area contributed by atoms with Gasteiger partial charge in [-0.25, -0.2) is 16.3 Å². The lowest BCUT2D eigenvalue weighted by Crippen LogP contribution is -2.55. The second-order valence-electron chi connectivity index (χ2n) is 8.48. The third-order valence-electron chi connectivity index (χ3n) is 6.55. The first kappa shape index (κ1) is 19.7. The predicted molar refractivity (Wildman–Crippen MR) is 110 cm³/mol. The Balaban J connectivity index is 1.21. The zero-order chi connectivity index (χ0) is 20.7. The first-order chi connectivity index (χ1) is 14.6. The van der Waals surface area contributed by atoms with E-state index >= 15 is 0 Å². The first-order valence-corrected chi connectivity index (χ1v) is 10.5. The smallest absolute Gasteiger partial charge is 0.245 e. The molecule has 4 aliphatic heterocycles. The Morgan fingerprint density at radius 2 is 1.93 bits per heavy atom. The molecule has 0 aromatic heterocycles. The minimum atomic E-state index is -0.355. The Kier molecular flexibility index (Phi) is 5.31. The molecule has 1 aromatic carbocycles. The average Bonchev–Trinajstić information content (AvgIpc) is 3.51. The van der Waals surface area contributed by atoms with Crippen molar-refractivity contribution in [3.8, 4) is 0 Å². The highest BCUT2D eigenvalue weighted by molar-refractivity contribution is 5.88. The number of likely N-dealkylation sites (N-methyl/N-ethyl adjacent to an activating group) is 1. The zero-order valence-corrected chi connectivity index (χ0v) is 16.9. The van der Waals surface area contributed by atoms with Crippen molar-refractivity contribution in [3.63, 3.8) is 0 Å². The first-order valence-electron chi connectivity index (χ1n) is 10.5. The minimum absolute atomic E-state index is 0.0196. The zero-order valence-electron chi connectivity index (χ0n) is 16.9. The largest absolute Gasteiger partial charge is 0.373 e. The van der Waals surface area contributed by atoms with Crippen LogP contribution in [0, 0.1) is 5.92 Å². The summed E-state index contributed by atoms with van der Waals surface area (Å²) < 4.78 is 0. The standard InChI is InChI=1S/C19H29N9O2/c1-27(10-16-22-25-26-23-16)19(30)17-12-9-28(7-6-14(12)21-24-17)18(29)15-8-11-4-2-3-5-13(11)20-15/h2-5,12,14-17,20-26H,6-10H2,1H3. The van der Waals surface area contributed by atoms with Crippen LogP contribution in [0.25, 0.3) is 0 Å². The average molecular weight is 416 g/mol. The number of carbonyl (C=O) groups is 2. The van der Waals surface area contributed by atoms with Crippen molar-refractivity contribution in [1.29, 1.82) is 0 Å². The van der Waals surface area contributed by atoms with E-state index in [1.165, 1.54) is 5.56 Å². The molecule has 0 bridgehead atoms. The van der Waals surface area contributed by atoms with Crippen LogP contribution in [-0.2, 0) is 16.0 Å². The highest BCUT2D eigenvalue weighted by Crippen LogP contribution is 2.29. The molecule has 1 aromatic rings. The minimum Gasteiger partial charge on any atom is -0.373 e. The van der Waals surface area contributed by atoms with Gasteiger partial charge in [0, 0.05) is 44.2 Å². The normalized spacial score (nSPS) is 30.6. The Morgan fingerprint density at radius 1 is 1.13 bits per heavy atom. The molecule has 0 saturated carbocycles. The molecule has 5 rings (SSSR count). The molecule has 4 atom stereocenters. The van der Waals surface area contributed by atoms with Gasteiger partial charge in [-0.15, -0.1) is 0 Å². The van der Waals surface area contributed by atoms with Gasteiger partial charge in [0.05, 0.1) is 6.54 Å². The number of fused-ring (bicyclic) bond motifs is 2. The van der Waals surface area contributed by atoms with Gasteiger partial charge in [-0.2, -0.15) is 11.1 Å². The van der Waals surface area contributed by atoms with Crippen LogP contribution in [0.3, 0.4) is 0 Å². The summed E-state index contributed by atoms with van der Waals surface area (Å²) in [6, 6.07) is 7.68. The number of rotatable bonds is 4. The fraction of sp³-hybridized carbons (Fsp3) is 0.579. The van der Waals surface area contributed by atoms with Crippen molar-refractivity contribution in [2.24, 2.45) is 5.92 Å². The molecule has 4 unspecified atom stereocenters. The second kappa shape index (κ2) is 8.10. The summed E-state index contributed by atoms with van der Waals surface area (Å²) in [6.07, 6.45) is 1.46. The Hall–Kier alpha value is -2.28. The quantitative estimate of drug-likeness (QED) is 0.289. The number of amides is 2. The maximum absolute atomic E-state index is 13.2. The molecule has 30 heavy (non-hydrogen) atoms. The lowest BCUT2D eigenvalue weighted by molar-refractivity contribution is -0.137. The Morgan fingerprint density at radius 3 is 2.73 bits per heavy atom. The maximum Gasteiger partial charge on any atom is 0.245 e. The van der Waals surface area contributed by atoms with Gasteiger partial charge in [0.25, 0.3) is 0 Å². The summed E-state index contributed by atoms with van der Waals surface area (Å²) in [4.78, 5) is 29.9. The molecule has 3 fully saturated rings. The third-order valence-corrected chi connectivity index (χ3v) is 6.55. The van der Waals surface area contributed by atoms with Crippen molar-refractivity contribution in [2.75, 3.05) is 32.0 Å². The number of hydrogen-bond acceptors (Lipinski definition) is 9. The predicted octanol–water partition coefficient (Wildman–Crippen LogP) is -2.38. The molecule has 0 radical (unpaired) electrons. The molecule has 0 aliphatic carbocycles. The van der Waals surface area contributed by atoms with E-state index in [4.69, 9.17) is 0 Å². The Bertz CT molecular complexity index is 790. The number of para-hydroxylation sites is 1. The fourth-order valence-electron chi connectivity index (χ4n) is 4.89. The van der Waals surface area contributed by atoms with E-state index in [-0.39, 0.29) is 42.0 Å². The van der Waals surface area contributed by atoms with Gasteiger partial charge in [0.15, 0.2) is 0 Å². The molecule has 11 heteroatoms. The molecule has 4 heterocycles. The highest BCUT2D eigenvalue weighted by Gasteiger charge is 2.46. The molecule has 162 valence electrons. The molecule has 7 N–H and O–H groups in total. The summed E-state index contributed by atoms with van der Waals surface area (Å²) in [6.45, 7) is 1.78. The number of nitrogens with one attached hydrogen (secondary N) is 7. The Labute approximate surface area is 175 Å². The summed E-state index contributed by atoms with van der Waals surface area (Å²) in [5.41, 5.74) is 20.2. The van der Waals surface area contributed by atoms with Crippen molar-refractivity contribution in [3.05, 3.63) is 29.8 Å². The van der Waals surface area contributed by atoms with E-state index in [1.807, 2.05) is 23.1 Å². The molecule has 11 nitrogen and oxygen atoms in total. The summed E-state index contributed by atoms with van der Waals surface area (Å²) in [7, 11) is 1.80. The number of likely N-dealkylation sites (tertiary alicyclic amines) is 1. The van der Waals surface area contributed by atoms with Crippen LogP contribution < -0.4 is 38.1 Å². The fourth-order valence-corrected chi connectivity index (χ4v) is 4.89. The SMILES string of the molecule is CN(CC1NNNN1)C(=O)C1NNC2CCN(C(=O)C3Cc4ccccc4N3)CC21. The van der Waals surface area contributed by atoms with Gasteiger partial charge in [-0.3, -0.25) is 15.0 Å². The molecule has 0 spiro atoms. The number of anilines is 1. The van der Waals surface area contributed by atoms with Crippen LogP contribution in [0.1, 0.15) is 12.0 Å². The van der Waals surface area contributed by atoms with E-state index in [9.17, 15) is 9.59 Å². The molecular weight excluding hydrogens is 386 g/mol. The van der Waals surface area contributed by atoms with Gasteiger partial charge >= 0.3 is 0 Å². The number of hydrogen-bond donors (Lipinski definition) is 7. The lowest BCUT2D eigenvalue weighted by atomic mass is 9.87. The van der Waals surface area contributed by atoms with Gasteiger partial charge in [0.1, 0.15) is 18.2 Å². The van der Waals surface area contributed by atoms with Gasteiger partial charge < -0.3 is 15.1 Å². The third kappa shape index (κ3) is 3.64. The summed E-state index contributed by atoms with van der Waals surface area (Å²) >= 11 is 0. The van der Waals surface area contributed by atoms with Gasteiger partial charge in [0.2, 0.25) is 11.8 Å². The highest BCUT2D eigenvalue weighted by atomic mass is 16.2. The van der Waals surface area contributed by atoms with E-state index in [0.29, 0.717) is 26.1 Å². The molecule has 3 saturated heterocycles. The van der Waals surface area contributed by atoms with E-state index in [1.54, 1.807) is 11.9 Å². The molecular formula is C19H29N9O2. The second-order valence-corrected chi connectivity index (χ2v) is 8.48. The van der Waals surface area contributed by atoms with E-state index in [0.717, 1.165) is 12.1 Å². The monoisotopic (exact) mass is 415 g/mol. The summed E-state index contributed by atoms with van der Waals surface area (Å²) in [5.74, 6) is 0.181. The van der Waals surface area contributed by atoms with E-state index in [2.05, 4.69) is 44.2 Å². The van der Waals surface area contributed by atoms with Crippen LogP contribution in [0.2, 0.25) is 0 Å². The van der Waals surface area contributed by atoms with Crippen LogP contribution in [0.4, 0.5) is 5.69 Å². The number of hydrazine groups is 4. The van der Waals surface area contributed by atoms with Gasteiger partial charge in [-0.05, 0) is 18.1 Å². The van der Waals surface area contributed by atoms with Crippen molar-refractivity contribution in [2.45, 2.75) is 37.1 Å². The number of nitrogens with zero attached hydrogens (tertiary/aromatic N) is 2.